The molecule has 0 spiro atoms. The zero-order valence-corrected chi connectivity index (χ0v) is 12.1. The summed E-state index contributed by atoms with van der Waals surface area (Å²) in [6, 6.07) is 16.1. The zero-order chi connectivity index (χ0) is 13.9. The maximum Gasteiger partial charge on any atom is 0.118 e. The number of ether oxygens (including phenoxy) is 1. The molecular weight excluding hydrogens is 270 g/mol. The molecule has 2 unspecified atom stereocenters. The third-order valence-corrected chi connectivity index (χ3v) is 4.89. The molecule has 0 aliphatic carbocycles. The molecule has 3 rings (SSSR count). The number of hydrogen-bond donors (Lipinski definition) is 2. The molecular formula is C16H17NO2S. The van der Waals surface area contributed by atoms with Crippen LogP contribution in [0.15, 0.2) is 53.4 Å². The Morgan fingerprint density at radius 3 is 2.65 bits per heavy atom. The highest BCUT2D eigenvalue weighted by atomic mass is 32.2. The highest BCUT2D eigenvalue weighted by Gasteiger charge is 2.26. The van der Waals surface area contributed by atoms with E-state index in [9.17, 15) is 5.11 Å². The van der Waals surface area contributed by atoms with Gasteiger partial charge in [0.2, 0.25) is 0 Å². The van der Waals surface area contributed by atoms with Gasteiger partial charge in [0.1, 0.15) is 5.75 Å². The number of aliphatic hydroxyl groups excluding tert-OH is 1. The number of benzene rings is 2. The minimum absolute atomic E-state index is 0.0251. The number of aliphatic hydroxyl groups is 1. The Morgan fingerprint density at radius 2 is 1.90 bits per heavy atom. The lowest BCUT2D eigenvalue weighted by atomic mass is 10.1. The van der Waals surface area contributed by atoms with Crippen LogP contribution in [0.1, 0.15) is 10.8 Å². The van der Waals surface area contributed by atoms with E-state index in [1.54, 1.807) is 18.9 Å². The number of β-amino-alcohol motifs (C(OH)–C–C–N with tert-alkyl or cyclic N) is 1. The molecule has 1 aliphatic rings. The molecule has 1 heterocycles. The Kier molecular flexibility index (Phi) is 3.85. The highest BCUT2D eigenvalue weighted by molar-refractivity contribution is 7.99. The Morgan fingerprint density at radius 1 is 1.15 bits per heavy atom. The fourth-order valence-corrected chi connectivity index (χ4v) is 3.58. The first-order chi connectivity index (χ1) is 9.78. The van der Waals surface area contributed by atoms with Gasteiger partial charge in [0.15, 0.2) is 0 Å². The largest absolute Gasteiger partial charge is 0.497 e. The van der Waals surface area contributed by atoms with Crippen LogP contribution in [0.3, 0.4) is 0 Å². The van der Waals surface area contributed by atoms with Gasteiger partial charge in [-0.3, -0.25) is 0 Å². The number of thioether (sulfide) groups is 1. The van der Waals surface area contributed by atoms with E-state index in [1.165, 1.54) is 4.90 Å². The van der Waals surface area contributed by atoms with Gasteiger partial charge in [-0.05, 0) is 29.8 Å². The van der Waals surface area contributed by atoms with E-state index < -0.39 is 6.10 Å². The maximum absolute atomic E-state index is 10.4. The van der Waals surface area contributed by atoms with Crippen molar-refractivity contribution in [2.75, 3.05) is 19.0 Å². The predicted molar refractivity (Wildman–Crippen MR) is 82.5 cm³/mol. The van der Waals surface area contributed by atoms with Crippen LogP contribution in [0, 0.1) is 0 Å². The van der Waals surface area contributed by atoms with E-state index in [1.807, 2.05) is 42.5 Å². The van der Waals surface area contributed by atoms with Crippen molar-refractivity contribution in [1.29, 1.82) is 0 Å². The lowest BCUT2D eigenvalue weighted by molar-refractivity contribution is 0.185. The number of fused-ring (bicyclic) bond motifs is 1. The molecule has 2 aromatic rings. The van der Waals surface area contributed by atoms with Crippen molar-refractivity contribution in [2.24, 2.45) is 0 Å². The van der Waals surface area contributed by atoms with Crippen LogP contribution in [0.2, 0.25) is 0 Å². The van der Waals surface area contributed by atoms with Gasteiger partial charge in [-0.15, -0.1) is 11.8 Å². The third kappa shape index (κ3) is 2.62. The lowest BCUT2D eigenvalue weighted by Crippen LogP contribution is -2.23. The second-order valence-corrected chi connectivity index (χ2v) is 5.94. The van der Waals surface area contributed by atoms with Crippen molar-refractivity contribution >= 4 is 17.4 Å². The SMILES string of the molecule is COc1ccc(C2Sc3ccccc3NCC2O)cc1. The molecule has 0 bridgehead atoms. The van der Waals surface area contributed by atoms with E-state index in [2.05, 4.69) is 11.4 Å². The third-order valence-electron chi connectivity index (χ3n) is 3.44. The van der Waals surface area contributed by atoms with E-state index in [0.717, 1.165) is 17.0 Å². The average Bonchev–Trinajstić information content (AvgIpc) is 2.67. The van der Waals surface area contributed by atoms with Gasteiger partial charge in [0, 0.05) is 17.1 Å². The van der Waals surface area contributed by atoms with Gasteiger partial charge >= 0.3 is 0 Å². The number of rotatable bonds is 2. The maximum atomic E-state index is 10.4. The average molecular weight is 287 g/mol. The monoisotopic (exact) mass is 287 g/mol. The molecule has 0 radical (unpaired) electrons. The van der Waals surface area contributed by atoms with E-state index in [-0.39, 0.29) is 5.25 Å². The quantitative estimate of drug-likeness (QED) is 0.889. The van der Waals surface area contributed by atoms with E-state index >= 15 is 0 Å². The number of anilines is 1. The van der Waals surface area contributed by atoms with Crippen molar-refractivity contribution in [3.05, 3.63) is 54.1 Å². The van der Waals surface area contributed by atoms with Crippen molar-refractivity contribution in [3.8, 4) is 5.75 Å². The fourth-order valence-electron chi connectivity index (χ4n) is 2.34. The number of para-hydroxylation sites is 1. The van der Waals surface area contributed by atoms with Crippen molar-refractivity contribution in [2.45, 2.75) is 16.2 Å². The summed E-state index contributed by atoms with van der Waals surface area (Å²) < 4.78 is 5.18. The van der Waals surface area contributed by atoms with Gasteiger partial charge < -0.3 is 15.2 Å². The molecule has 2 N–H and O–H groups in total. The molecule has 20 heavy (non-hydrogen) atoms. The van der Waals surface area contributed by atoms with Gasteiger partial charge in [-0.25, -0.2) is 0 Å². The van der Waals surface area contributed by atoms with Crippen LogP contribution in [0.25, 0.3) is 0 Å². The zero-order valence-electron chi connectivity index (χ0n) is 11.2. The number of nitrogens with one attached hydrogen (secondary N) is 1. The van der Waals surface area contributed by atoms with E-state index in [4.69, 9.17) is 4.74 Å². The fraction of sp³-hybridized carbons (Fsp3) is 0.250. The molecule has 4 heteroatoms. The molecule has 0 amide bonds. The summed E-state index contributed by atoms with van der Waals surface area (Å²) in [7, 11) is 1.66. The summed E-state index contributed by atoms with van der Waals surface area (Å²) in [5.74, 6) is 0.834. The van der Waals surface area contributed by atoms with Crippen LogP contribution < -0.4 is 10.1 Å². The standard InChI is InChI=1S/C16H17NO2S/c1-19-12-8-6-11(7-9-12)16-14(18)10-17-13-4-2-3-5-15(13)20-16/h2-9,14,16-18H,10H2,1H3. The van der Waals surface area contributed by atoms with Crippen LogP contribution >= 0.6 is 11.8 Å². The second kappa shape index (κ2) is 5.77. The molecule has 2 atom stereocenters. The van der Waals surface area contributed by atoms with Crippen molar-refractivity contribution in [3.63, 3.8) is 0 Å². The summed E-state index contributed by atoms with van der Waals surface area (Å²) in [6.45, 7) is 0.556. The van der Waals surface area contributed by atoms with Crippen LogP contribution in [-0.4, -0.2) is 24.9 Å². The number of hydrogen-bond acceptors (Lipinski definition) is 4. The molecule has 0 aromatic heterocycles. The summed E-state index contributed by atoms with van der Waals surface area (Å²) in [5, 5.41) is 13.7. The number of methoxy groups -OCH3 is 1. The van der Waals surface area contributed by atoms with Gasteiger partial charge in [0.25, 0.3) is 0 Å². The predicted octanol–water partition coefficient (Wildman–Crippen LogP) is 3.32. The van der Waals surface area contributed by atoms with Crippen LogP contribution in [0.4, 0.5) is 5.69 Å². The van der Waals surface area contributed by atoms with E-state index in [0.29, 0.717) is 6.54 Å². The Balaban J connectivity index is 1.91. The molecule has 0 saturated heterocycles. The Bertz CT molecular complexity index is 585. The summed E-state index contributed by atoms with van der Waals surface area (Å²) >= 11 is 1.70. The Hall–Kier alpha value is -1.65. The summed E-state index contributed by atoms with van der Waals surface area (Å²) in [6.07, 6.45) is -0.430. The summed E-state index contributed by atoms with van der Waals surface area (Å²) in [5.41, 5.74) is 2.20. The molecule has 2 aromatic carbocycles. The topological polar surface area (TPSA) is 41.5 Å². The minimum Gasteiger partial charge on any atom is -0.497 e. The van der Waals surface area contributed by atoms with Crippen molar-refractivity contribution < 1.29 is 9.84 Å². The van der Waals surface area contributed by atoms with Crippen molar-refractivity contribution in [1.82, 2.24) is 0 Å². The first-order valence-corrected chi connectivity index (χ1v) is 7.47. The van der Waals surface area contributed by atoms with Gasteiger partial charge in [-0.1, -0.05) is 24.3 Å². The smallest absolute Gasteiger partial charge is 0.118 e. The molecule has 0 saturated carbocycles. The van der Waals surface area contributed by atoms with Gasteiger partial charge in [0.05, 0.1) is 18.5 Å². The second-order valence-electron chi connectivity index (χ2n) is 4.76. The summed E-state index contributed by atoms with van der Waals surface area (Å²) in [4.78, 5) is 1.17. The Labute approximate surface area is 123 Å². The first-order valence-electron chi connectivity index (χ1n) is 6.59. The molecule has 104 valence electrons. The van der Waals surface area contributed by atoms with Crippen LogP contribution in [-0.2, 0) is 0 Å². The first kappa shape index (κ1) is 13.3. The molecule has 0 fully saturated rings. The minimum atomic E-state index is -0.430. The molecule has 3 nitrogen and oxygen atoms in total. The van der Waals surface area contributed by atoms with Gasteiger partial charge in [-0.2, -0.15) is 0 Å². The lowest BCUT2D eigenvalue weighted by Gasteiger charge is -2.20. The molecule has 1 aliphatic heterocycles. The normalized spacial score (nSPS) is 21.5. The highest BCUT2D eigenvalue weighted by Crippen LogP contribution is 2.43. The van der Waals surface area contributed by atoms with Crippen LogP contribution in [0.5, 0.6) is 5.75 Å².